The van der Waals surface area contributed by atoms with Crippen molar-refractivity contribution in [3.63, 3.8) is 0 Å². The summed E-state index contributed by atoms with van der Waals surface area (Å²) in [4.78, 5) is 25.5. The van der Waals surface area contributed by atoms with Gasteiger partial charge in [0.05, 0.1) is 6.04 Å². The number of carbonyl (C=O) groups excluding carboxylic acids is 1. The summed E-state index contributed by atoms with van der Waals surface area (Å²) in [6.07, 6.45) is -0.531. The molecule has 35 heavy (non-hydrogen) atoms. The minimum absolute atomic E-state index is 0.108. The van der Waals surface area contributed by atoms with Gasteiger partial charge in [-0.25, -0.2) is 22.8 Å². The Morgan fingerprint density at radius 3 is 2.63 bits per heavy atom. The van der Waals surface area contributed by atoms with E-state index in [1.807, 2.05) is 0 Å². The Morgan fingerprint density at radius 1 is 1.06 bits per heavy atom. The van der Waals surface area contributed by atoms with Crippen LogP contribution in [0.3, 0.4) is 0 Å². The van der Waals surface area contributed by atoms with Crippen LogP contribution in [0.2, 0.25) is 5.02 Å². The van der Waals surface area contributed by atoms with E-state index >= 15 is 0 Å². The zero-order valence-corrected chi connectivity index (χ0v) is 18.9. The summed E-state index contributed by atoms with van der Waals surface area (Å²) in [7, 11) is 0. The highest BCUT2D eigenvalue weighted by atomic mass is 35.5. The number of halogens is 4. The fraction of sp³-hybridized carbons (Fsp3) is 0.200. The molecule has 182 valence electrons. The number of aliphatic carboxylic acids is 1. The summed E-state index contributed by atoms with van der Waals surface area (Å²) in [5.74, 6) is -3.67. The molecule has 0 unspecified atom stereocenters. The van der Waals surface area contributed by atoms with E-state index in [1.165, 1.54) is 53.4 Å². The second-order valence-electron chi connectivity index (χ2n) is 7.82. The van der Waals surface area contributed by atoms with Gasteiger partial charge in [-0.3, -0.25) is 4.90 Å². The summed E-state index contributed by atoms with van der Waals surface area (Å²) in [6, 6.07) is 11.3. The Kier molecular flexibility index (Phi) is 7.16. The van der Waals surface area contributed by atoms with Crippen molar-refractivity contribution in [1.82, 2.24) is 4.90 Å². The first-order chi connectivity index (χ1) is 16.7. The molecule has 0 aliphatic carbocycles. The van der Waals surface area contributed by atoms with Gasteiger partial charge < -0.3 is 14.6 Å². The third-order valence-corrected chi connectivity index (χ3v) is 5.80. The number of hydrogen-bond acceptors (Lipinski definition) is 4. The second kappa shape index (κ2) is 10.3. The number of nitrogens with zero attached hydrogens (tertiary/aromatic N) is 1. The standard InChI is InChI=1S/C25H19ClF3NO5/c26-16-4-7-21(34-13-22(31)32)19(11-16)24-18-6-5-17(27)10-14(18)8-9-30(24)25(33)35-12-15-2-1-3-20(28)23(15)29/h1-7,10-11,24H,8-9,12-13H2,(H,31,32)/t24-/m0/s1. The fourth-order valence-electron chi connectivity index (χ4n) is 4.01. The van der Waals surface area contributed by atoms with Crippen LogP contribution in [-0.2, 0) is 22.6 Å². The van der Waals surface area contributed by atoms with E-state index in [2.05, 4.69) is 0 Å². The van der Waals surface area contributed by atoms with Crippen LogP contribution in [0.1, 0.15) is 28.3 Å². The zero-order valence-electron chi connectivity index (χ0n) is 18.1. The van der Waals surface area contributed by atoms with Crippen LogP contribution in [0.5, 0.6) is 5.75 Å². The predicted molar refractivity (Wildman–Crippen MR) is 120 cm³/mol. The van der Waals surface area contributed by atoms with Gasteiger partial charge in [0.15, 0.2) is 18.2 Å². The first kappa shape index (κ1) is 24.4. The zero-order chi connectivity index (χ0) is 25.1. The third kappa shape index (κ3) is 5.35. The largest absolute Gasteiger partial charge is 0.482 e. The van der Waals surface area contributed by atoms with Gasteiger partial charge in [0.1, 0.15) is 18.2 Å². The van der Waals surface area contributed by atoms with E-state index in [-0.39, 0.29) is 17.9 Å². The molecule has 10 heteroatoms. The van der Waals surface area contributed by atoms with Crippen molar-refractivity contribution in [2.45, 2.75) is 19.1 Å². The van der Waals surface area contributed by atoms with Crippen LogP contribution < -0.4 is 4.74 Å². The highest BCUT2D eigenvalue weighted by Crippen LogP contribution is 2.41. The Bertz CT molecular complexity index is 1290. The lowest BCUT2D eigenvalue weighted by Gasteiger charge is -2.37. The van der Waals surface area contributed by atoms with Gasteiger partial charge in [-0.2, -0.15) is 0 Å². The van der Waals surface area contributed by atoms with Crippen molar-refractivity contribution in [1.29, 1.82) is 0 Å². The summed E-state index contributed by atoms with van der Waals surface area (Å²) >= 11 is 6.21. The molecule has 1 aliphatic rings. The average Bonchev–Trinajstić information content (AvgIpc) is 2.83. The molecular weight excluding hydrogens is 487 g/mol. The maximum atomic E-state index is 14.0. The predicted octanol–water partition coefficient (Wildman–Crippen LogP) is 5.51. The molecule has 0 saturated heterocycles. The van der Waals surface area contributed by atoms with Gasteiger partial charge in [0.2, 0.25) is 0 Å². The number of ether oxygens (including phenoxy) is 2. The first-order valence-electron chi connectivity index (χ1n) is 10.5. The number of benzene rings is 3. The van der Waals surface area contributed by atoms with E-state index in [0.29, 0.717) is 28.1 Å². The maximum absolute atomic E-state index is 14.0. The van der Waals surface area contributed by atoms with E-state index in [0.717, 1.165) is 6.07 Å². The van der Waals surface area contributed by atoms with Crippen molar-refractivity contribution >= 4 is 23.7 Å². The number of amides is 1. The summed E-state index contributed by atoms with van der Waals surface area (Å²) < 4.78 is 52.2. The minimum Gasteiger partial charge on any atom is -0.482 e. The topological polar surface area (TPSA) is 76.1 Å². The smallest absolute Gasteiger partial charge is 0.410 e. The lowest BCUT2D eigenvalue weighted by molar-refractivity contribution is -0.139. The second-order valence-corrected chi connectivity index (χ2v) is 8.26. The van der Waals surface area contributed by atoms with E-state index < -0.39 is 48.8 Å². The Hall–Kier alpha value is -3.72. The van der Waals surface area contributed by atoms with E-state index in [9.17, 15) is 22.8 Å². The molecule has 1 atom stereocenters. The van der Waals surface area contributed by atoms with E-state index in [1.54, 1.807) is 0 Å². The normalized spacial score (nSPS) is 14.9. The molecule has 4 rings (SSSR count). The first-order valence-corrected chi connectivity index (χ1v) is 10.9. The Morgan fingerprint density at radius 2 is 1.86 bits per heavy atom. The highest BCUT2D eigenvalue weighted by Gasteiger charge is 2.35. The Balaban J connectivity index is 1.71. The molecule has 0 radical (unpaired) electrons. The van der Waals surface area contributed by atoms with Gasteiger partial charge >= 0.3 is 12.1 Å². The molecule has 0 aromatic heterocycles. The molecule has 1 amide bonds. The molecular formula is C25H19ClF3NO5. The van der Waals surface area contributed by atoms with Crippen LogP contribution in [0.25, 0.3) is 0 Å². The molecule has 1 heterocycles. The minimum atomic E-state index is -1.20. The molecule has 3 aromatic carbocycles. The Labute approximate surface area is 203 Å². The molecule has 0 bridgehead atoms. The SMILES string of the molecule is O=C(O)COc1ccc(Cl)cc1[C@@H]1c2ccc(F)cc2CCN1C(=O)OCc1cccc(F)c1F. The van der Waals surface area contributed by atoms with Crippen molar-refractivity contribution in [3.05, 3.63) is 99.3 Å². The van der Waals surface area contributed by atoms with E-state index in [4.69, 9.17) is 26.2 Å². The van der Waals surface area contributed by atoms with Crippen LogP contribution in [0.15, 0.2) is 54.6 Å². The lowest BCUT2D eigenvalue weighted by atomic mass is 9.88. The third-order valence-electron chi connectivity index (χ3n) is 5.57. The summed E-state index contributed by atoms with van der Waals surface area (Å²) in [5.41, 5.74) is 1.43. The highest BCUT2D eigenvalue weighted by molar-refractivity contribution is 6.30. The number of carboxylic acids is 1. The quantitative estimate of drug-likeness (QED) is 0.478. The van der Waals surface area contributed by atoms with Crippen molar-refractivity contribution in [3.8, 4) is 5.75 Å². The number of carbonyl (C=O) groups is 2. The fourth-order valence-corrected chi connectivity index (χ4v) is 4.19. The molecule has 0 fully saturated rings. The molecule has 0 spiro atoms. The van der Waals surface area contributed by atoms with Gasteiger partial charge in [-0.15, -0.1) is 0 Å². The molecule has 6 nitrogen and oxygen atoms in total. The number of hydrogen-bond donors (Lipinski definition) is 1. The molecule has 1 aliphatic heterocycles. The van der Waals surface area contributed by atoms with Gasteiger partial charge in [0, 0.05) is 22.7 Å². The van der Waals surface area contributed by atoms with Gasteiger partial charge in [0.25, 0.3) is 0 Å². The number of rotatable bonds is 6. The lowest BCUT2D eigenvalue weighted by Crippen LogP contribution is -2.41. The molecule has 0 saturated carbocycles. The van der Waals surface area contributed by atoms with Crippen molar-refractivity contribution < 1.29 is 37.3 Å². The van der Waals surface area contributed by atoms with Crippen LogP contribution in [0, 0.1) is 17.5 Å². The van der Waals surface area contributed by atoms with Crippen LogP contribution in [-0.4, -0.2) is 35.2 Å². The maximum Gasteiger partial charge on any atom is 0.410 e. The summed E-state index contributed by atoms with van der Waals surface area (Å²) in [6.45, 7) is -1.04. The van der Waals surface area contributed by atoms with Gasteiger partial charge in [-0.05, 0) is 53.9 Å². The van der Waals surface area contributed by atoms with Crippen molar-refractivity contribution in [2.75, 3.05) is 13.2 Å². The molecule has 1 N–H and O–H groups in total. The number of fused-ring (bicyclic) bond motifs is 1. The number of carboxylic acid groups (broad SMARTS) is 1. The van der Waals surface area contributed by atoms with Crippen molar-refractivity contribution in [2.24, 2.45) is 0 Å². The molecule has 3 aromatic rings. The van der Waals surface area contributed by atoms with Crippen LogP contribution >= 0.6 is 11.6 Å². The summed E-state index contributed by atoms with van der Waals surface area (Å²) in [5, 5.41) is 9.34. The monoisotopic (exact) mass is 505 g/mol. The van der Waals surface area contributed by atoms with Crippen LogP contribution in [0.4, 0.5) is 18.0 Å². The average molecular weight is 506 g/mol. The van der Waals surface area contributed by atoms with Gasteiger partial charge in [-0.1, -0.05) is 29.8 Å².